The average molecular weight is 466 g/mol. The summed E-state index contributed by atoms with van der Waals surface area (Å²) < 4.78 is 4.31. The molecule has 0 saturated heterocycles. The summed E-state index contributed by atoms with van der Waals surface area (Å²) >= 11 is 5.97. The Bertz CT molecular complexity index is 1500. The van der Waals surface area contributed by atoms with Gasteiger partial charge in [-0.25, -0.2) is 4.79 Å². The molecule has 2 aromatic heterocycles. The average Bonchev–Trinajstić information content (AvgIpc) is 3.17. The number of aromatic nitrogens is 4. The van der Waals surface area contributed by atoms with Crippen LogP contribution in [0.25, 0.3) is 11.2 Å². The maximum absolute atomic E-state index is 13.5. The van der Waals surface area contributed by atoms with Crippen molar-refractivity contribution in [3.05, 3.63) is 85.0 Å². The van der Waals surface area contributed by atoms with Gasteiger partial charge < -0.3 is 14.6 Å². The second-order valence-electron chi connectivity index (χ2n) is 8.59. The number of benzene rings is 2. The van der Waals surface area contributed by atoms with E-state index in [1.54, 1.807) is 35.9 Å². The van der Waals surface area contributed by atoms with Crippen molar-refractivity contribution < 1.29 is 5.11 Å². The molecule has 0 saturated carbocycles. The fraction of sp³-hybridized carbons (Fsp3) is 0.292. The van der Waals surface area contributed by atoms with E-state index in [1.807, 2.05) is 36.9 Å². The molecule has 1 aliphatic rings. The Hall–Kier alpha value is -3.36. The summed E-state index contributed by atoms with van der Waals surface area (Å²) in [7, 11) is 1.61. The van der Waals surface area contributed by atoms with Gasteiger partial charge in [0, 0.05) is 17.8 Å². The minimum absolute atomic E-state index is 0.114. The van der Waals surface area contributed by atoms with Crippen LogP contribution in [0.5, 0.6) is 0 Å². The number of aryl methyl sites for hydroxylation is 3. The van der Waals surface area contributed by atoms with Crippen LogP contribution in [0.2, 0.25) is 5.02 Å². The molecule has 1 N–H and O–H groups in total. The molecular formula is C24H24ClN5O3. The Morgan fingerprint density at radius 1 is 1.06 bits per heavy atom. The van der Waals surface area contributed by atoms with Gasteiger partial charge in [0.05, 0.1) is 25.7 Å². The first-order chi connectivity index (χ1) is 15.7. The van der Waals surface area contributed by atoms with Crippen LogP contribution in [-0.2, 0) is 20.1 Å². The SMILES string of the molecule is Cc1ccc(N2C[C@H](O)Cn3c2nc2c3c(=O)n(Cc3ccc(Cl)cc3)c(=O)n2C)cc1C. The van der Waals surface area contributed by atoms with Gasteiger partial charge in [-0.15, -0.1) is 0 Å². The highest BCUT2D eigenvalue weighted by atomic mass is 35.5. The van der Waals surface area contributed by atoms with Crippen LogP contribution in [0.15, 0.2) is 52.1 Å². The number of hydrogen-bond donors (Lipinski definition) is 1. The lowest BCUT2D eigenvalue weighted by Gasteiger charge is -2.32. The molecule has 0 spiro atoms. The molecule has 9 heteroatoms. The molecule has 170 valence electrons. The summed E-state index contributed by atoms with van der Waals surface area (Å²) in [6.07, 6.45) is -0.696. The second kappa shape index (κ2) is 7.90. The first kappa shape index (κ1) is 21.5. The molecule has 0 unspecified atom stereocenters. The van der Waals surface area contributed by atoms with E-state index in [9.17, 15) is 14.7 Å². The Labute approximate surface area is 194 Å². The van der Waals surface area contributed by atoms with Crippen LogP contribution in [0.4, 0.5) is 11.6 Å². The van der Waals surface area contributed by atoms with Gasteiger partial charge in [0.1, 0.15) is 0 Å². The third-order valence-electron chi connectivity index (χ3n) is 6.30. The third kappa shape index (κ3) is 3.55. The first-order valence-electron chi connectivity index (χ1n) is 10.7. The number of β-amino-alcohol motifs (C(OH)–C–C–N with tert-alkyl or cyclic N) is 1. The molecule has 0 aliphatic carbocycles. The number of anilines is 2. The molecule has 4 aromatic rings. The third-order valence-corrected chi connectivity index (χ3v) is 6.55. The number of halogens is 1. The lowest BCUT2D eigenvalue weighted by molar-refractivity contribution is 0.154. The van der Waals surface area contributed by atoms with E-state index in [1.165, 1.54) is 9.13 Å². The highest BCUT2D eigenvalue weighted by molar-refractivity contribution is 6.30. The van der Waals surface area contributed by atoms with E-state index in [0.29, 0.717) is 28.7 Å². The van der Waals surface area contributed by atoms with E-state index in [2.05, 4.69) is 4.98 Å². The molecule has 0 amide bonds. The second-order valence-corrected chi connectivity index (χ2v) is 9.02. The summed E-state index contributed by atoms with van der Waals surface area (Å²) in [4.78, 5) is 33.2. The molecule has 33 heavy (non-hydrogen) atoms. The number of nitrogens with zero attached hydrogens (tertiary/aromatic N) is 5. The Morgan fingerprint density at radius 2 is 1.79 bits per heavy atom. The van der Waals surface area contributed by atoms with Crippen LogP contribution in [0.1, 0.15) is 16.7 Å². The van der Waals surface area contributed by atoms with Gasteiger partial charge >= 0.3 is 5.69 Å². The lowest BCUT2D eigenvalue weighted by atomic mass is 10.1. The zero-order chi connectivity index (χ0) is 23.4. The molecule has 1 atom stereocenters. The predicted molar refractivity (Wildman–Crippen MR) is 129 cm³/mol. The van der Waals surface area contributed by atoms with Crippen molar-refractivity contribution in [1.29, 1.82) is 0 Å². The highest BCUT2D eigenvalue weighted by Gasteiger charge is 2.30. The molecule has 1 aliphatic heterocycles. The molecule has 2 aromatic carbocycles. The first-order valence-corrected chi connectivity index (χ1v) is 11.1. The highest BCUT2D eigenvalue weighted by Crippen LogP contribution is 2.32. The van der Waals surface area contributed by atoms with Crippen molar-refractivity contribution in [3.63, 3.8) is 0 Å². The number of fused-ring (bicyclic) bond motifs is 3. The fourth-order valence-corrected chi connectivity index (χ4v) is 4.45. The molecule has 5 rings (SSSR count). The van der Waals surface area contributed by atoms with E-state index in [0.717, 1.165) is 22.4 Å². The van der Waals surface area contributed by atoms with Crippen molar-refractivity contribution in [1.82, 2.24) is 18.7 Å². The summed E-state index contributed by atoms with van der Waals surface area (Å²) in [5.74, 6) is 0.537. The molecule has 0 bridgehead atoms. The number of hydrogen-bond acceptors (Lipinski definition) is 5. The monoisotopic (exact) mass is 465 g/mol. The minimum Gasteiger partial charge on any atom is -0.389 e. The Kier molecular flexibility index (Phi) is 5.14. The summed E-state index contributed by atoms with van der Waals surface area (Å²) in [5.41, 5.74) is 3.66. The van der Waals surface area contributed by atoms with Crippen molar-refractivity contribution in [2.75, 3.05) is 11.4 Å². The predicted octanol–water partition coefficient (Wildman–Crippen LogP) is 2.73. The molecular weight excluding hydrogens is 442 g/mol. The number of aliphatic hydroxyl groups is 1. The van der Waals surface area contributed by atoms with Gasteiger partial charge in [0.25, 0.3) is 5.56 Å². The number of rotatable bonds is 3. The van der Waals surface area contributed by atoms with Gasteiger partial charge in [-0.2, -0.15) is 4.98 Å². The topological polar surface area (TPSA) is 85.3 Å². The van der Waals surface area contributed by atoms with E-state index in [-0.39, 0.29) is 13.1 Å². The summed E-state index contributed by atoms with van der Waals surface area (Å²) in [6.45, 7) is 4.75. The van der Waals surface area contributed by atoms with Crippen molar-refractivity contribution in [2.24, 2.45) is 7.05 Å². The van der Waals surface area contributed by atoms with Crippen molar-refractivity contribution in [2.45, 2.75) is 33.0 Å². The van der Waals surface area contributed by atoms with Crippen LogP contribution in [0.3, 0.4) is 0 Å². The Morgan fingerprint density at radius 3 is 2.48 bits per heavy atom. The van der Waals surface area contributed by atoms with Crippen LogP contribution in [-0.4, -0.2) is 36.4 Å². The lowest BCUT2D eigenvalue weighted by Crippen LogP contribution is -2.41. The molecule has 3 heterocycles. The summed E-state index contributed by atoms with van der Waals surface area (Å²) in [6, 6.07) is 13.1. The van der Waals surface area contributed by atoms with E-state index < -0.39 is 17.4 Å². The van der Waals surface area contributed by atoms with Gasteiger partial charge in [0.15, 0.2) is 11.2 Å². The zero-order valence-corrected chi connectivity index (χ0v) is 19.4. The molecule has 0 fully saturated rings. The van der Waals surface area contributed by atoms with E-state index >= 15 is 0 Å². The molecule has 0 radical (unpaired) electrons. The van der Waals surface area contributed by atoms with Crippen LogP contribution in [0, 0.1) is 13.8 Å². The number of imidazole rings is 1. The van der Waals surface area contributed by atoms with E-state index in [4.69, 9.17) is 11.6 Å². The van der Waals surface area contributed by atoms with Gasteiger partial charge in [-0.05, 0) is 54.8 Å². The van der Waals surface area contributed by atoms with Crippen LogP contribution >= 0.6 is 11.6 Å². The van der Waals surface area contributed by atoms with Crippen molar-refractivity contribution in [3.8, 4) is 0 Å². The zero-order valence-electron chi connectivity index (χ0n) is 18.6. The van der Waals surface area contributed by atoms with Gasteiger partial charge in [-0.1, -0.05) is 29.8 Å². The van der Waals surface area contributed by atoms with Crippen molar-refractivity contribution >= 4 is 34.4 Å². The minimum atomic E-state index is -0.696. The fourth-order valence-electron chi connectivity index (χ4n) is 4.33. The standard InChI is InChI=1S/C24H24ClN5O3/c1-14-4-9-18(10-15(14)2)28-12-19(31)13-29-20-21(26-23(28)29)27(3)24(33)30(22(20)32)11-16-5-7-17(25)8-6-16/h4-10,19,31H,11-13H2,1-3H3/t19-/m0/s1. The quantitative estimate of drug-likeness (QED) is 0.503. The maximum atomic E-state index is 13.5. The Balaban J connectivity index is 1.71. The maximum Gasteiger partial charge on any atom is 0.332 e. The van der Waals surface area contributed by atoms with Gasteiger partial charge in [0.2, 0.25) is 5.95 Å². The molecule has 8 nitrogen and oxygen atoms in total. The normalized spacial score (nSPS) is 15.8. The van der Waals surface area contributed by atoms with Crippen LogP contribution < -0.4 is 16.1 Å². The summed E-state index contributed by atoms with van der Waals surface area (Å²) in [5, 5.41) is 11.2. The van der Waals surface area contributed by atoms with Gasteiger partial charge in [-0.3, -0.25) is 13.9 Å². The smallest absolute Gasteiger partial charge is 0.332 e. The largest absolute Gasteiger partial charge is 0.389 e. The number of aliphatic hydroxyl groups excluding tert-OH is 1.